The fraction of sp³-hybridized carbons (Fsp3) is 0.462. The van der Waals surface area contributed by atoms with Crippen molar-refractivity contribution in [2.45, 2.75) is 61.6 Å². The molecular weight excluding hydrogens is 482 g/mol. The molecule has 2 aromatic carbocycles. The fourth-order valence-electron chi connectivity index (χ4n) is 5.16. The van der Waals surface area contributed by atoms with Crippen molar-refractivity contribution in [1.82, 2.24) is 14.9 Å². The molecule has 36 heavy (non-hydrogen) atoms. The number of nitrogens with one attached hydrogen (secondary N) is 2. The van der Waals surface area contributed by atoms with Crippen LogP contribution in [0.1, 0.15) is 49.7 Å². The van der Waals surface area contributed by atoms with E-state index in [1.54, 1.807) is 24.3 Å². The highest BCUT2D eigenvalue weighted by Gasteiger charge is 2.39. The lowest BCUT2D eigenvalue weighted by Crippen LogP contribution is -2.49. The number of urea groups is 1. The lowest BCUT2D eigenvalue weighted by molar-refractivity contribution is -0.118. The first-order chi connectivity index (χ1) is 17.3. The Labute approximate surface area is 211 Å². The summed E-state index contributed by atoms with van der Waals surface area (Å²) in [5.41, 5.74) is 0.864. The second-order valence-electron chi connectivity index (χ2n) is 9.71. The molecule has 3 aliphatic rings. The molecule has 0 unspecified atom stereocenters. The van der Waals surface area contributed by atoms with Crippen LogP contribution in [0.2, 0.25) is 0 Å². The van der Waals surface area contributed by atoms with Gasteiger partial charge in [-0.3, -0.25) is 10.1 Å². The number of nitrogens with zero attached hydrogens (tertiary/aromatic N) is 1. The summed E-state index contributed by atoms with van der Waals surface area (Å²) < 4.78 is 41.7. The van der Waals surface area contributed by atoms with Crippen LogP contribution in [0.3, 0.4) is 0 Å². The molecule has 2 saturated heterocycles. The second kappa shape index (κ2) is 10.2. The maximum Gasteiger partial charge on any atom is 0.324 e. The van der Waals surface area contributed by atoms with E-state index in [0.717, 1.165) is 36.8 Å². The van der Waals surface area contributed by atoms with E-state index in [1.807, 2.05) is 24.3 Å². The van der Waals surface area contributed by atoms with Gasteiger partial charge in [-0.25, -0.2) is 17.9 Å². The van der Waals surface area contributed by atoms with E-state index in [2.05, 4.69) is 10.0 Å². The van der Waals surface area contributed by atoms with Crippen molar-refractivity contribution < 1.29 is 27.5 Å². The predicted molar refractivity (Wildman–Crippen MR) is 132 cm³/mol. The molecule has 0 spiro atoms. The van der Waals surface area contributed by atoms with Crippen LogP contribution in [0, 0.1) is 0 Å². The van der Waals surface area contributed by atoms with E-state index < -0.39 is 21.6 Å². The van der Waals surface area contributed by atoms with Crippen molar-refractivity contribution in [3.63, 3.8) is 0 Å². The number of carbonyl (C=O) groups excluding carboxylic acids is 2. The number of sulfonamides is 1. The van der Waals surface area contributed by atoms with E-state index in [0.29, 0.717) is 38.3 Å². The molecule has 2 aromatic rings. The molecule has 2 heterocycles. The summed E-state index contributed by atoms with van der Waals surface area (Å²) in [4.78, 5) is 24.9. The number of amides is 3. The Hall–Kier alpha value is -2.95. The molecule has 9 nitrogen and oxygen atoms in total. The van der Waals surface area contributed by atoms with Crippen molar-refractivity contribution in [1.29, 1.82) is 0 Å². The largest absolute Gasteiger partial charge is 0.490 e. The molecule has 10 heteroatoms. The minimum absolute atomic E-state index is 0.0329. The highest BCUT2D eigenvalue weighted by atomic mass is 32.2. The average molecular weight is 514 g/mol. The van der Waals surface area contributed by atoms with E-state index in [1.165, 1.54) is 4.90 Å². The summed E-state index contributed by atoms with van der Waals surface area (Å²) in [5, 5.41) is 2.27. The smallest absolute Gasteiger partial charge is 0.324 e. The zero-order valence-electron chi connectivity index (χ0n) is 20.1. The van der Waals surface area contributed by atoms with Gasteiger partial charge in [0.1, 0.15) is 12.3 Å². The number of hydrogen-bond donors (Lipinski definition) is 2. The molecule has 0 aromatic heterocycles. The molecule has 2 N–H and O–H groups in total. The molecule has 0 bridgehead atoms. The fourth-order valence-corrected chi connectivity index (χ4v) is 6.64. The first-order valence-electron chi connectivity index (χ1n) is 12.4. The SMILES string of the molecule is O=C1CN(Cc2ccc(C3(NS(=O)(=O)c4cccc(OC5CCCC5)c4)CCOCC3)cc2)C(=O)N1. The molecule has 2 aliphatic heterocycles. The zero-order valence-corrected chi connectivity index (χ0v) is 20.9. The number of rotatable bonds is 8. The summed E-state index contributed by atoms with van der Waals surface area (Å²) in [6.07, 6.45) is 5.38. The normalized spacial score (nSPS) is 20.5. The van der Waals surface area contributed by atoms with Gasteiger partial charge < -0.3 is 14.4 Å². The third-order valence-corrected chi connectivity index (χ3v) is 8.68. The van der Waals surface area contributed by atoms with Gasteiger partial charge in [-0.2, -0.15) is 0 Å². The van der Waals surface area contributed by atoms with Crippen LogP contribution in [0.25, 0.3) is 0 Å². The standard InChI is InChI=1S/C26H31N3O6S/c30-24-18-29(25(31)27-24)17-19-8-10-20(11-9-19)26(12-14-34-15-13-26)28-36(32,33)23-7-3-6-22(16-23)35-21-4-1-2-5-21/h3,6-11,16,21,28H,1-2,4-5,12-15,17-18H2,(H,27,30,31). The Morgan fingerprint density at radius 1 is 1.06 bits per heavy atom. The Morgan fingerprint density at radius 3 is 2.44 bits per heavy atom. The molecule has 5 rings (SSSR count). The van der Waals surface area contributed by atoms with Crippen LogP contribution in [0.15, 0.2) is 53.4 Å². The number of carbonyl (C=O) groups is 2. The highest BCUT2D eigenvalue weighted by molar-refractivity contribution is 7.89. The Kier molecular flexibility index (Phi) is 7.00. The molecule has 3 fully saturated rings. The summed E-state index contributed by atoms with van der Waals surface area (Å²) in [6.45, 7) is 1.20. The third kappa shape index (κ3) is 5.40. The number of imide groups is 1. The maximum absolute atomic E-state index is 13.5. The van der Waals surface area contributed by atoms with Gasteiger partial charge in [0, 0.05) is 25.8 Å². The molecule has 192 valence electrons. The maximum atomic E-state index is 13.5. The van der Waals surface area contributed by atoms with Crippen molar-refractivity contribution in [3.8, 4) is 5.75 Å². The van der Waals surface area contributed by atoms with Gasteiger partial charge in [-0.05, 0) is 61.8 Å². The lowest BCUT2D eigenvalue weighted by atomic mass is 9.83. The monoisotopic (exact) mass is 513 g/mol. The van der Waals surface area contributed by atoms with Crippen molar-refractivity contribution in [2.75, 3.05) is 19.8 Å². The quantitative estimate of drug-likeness (QED) is 0.525. The van der Waals surface area contributed by atoms with Gasteiger partial charge in [0.05, 0.1) is 16.5 Å². The second-order valence-corrected chi connectivity index (χ2v) is 11.4. The molecular formula is C26H31N3O6S. The zero-order chi connectivity index (χ0) is 25.2. The number of ether oxygens (including phenoxy) is 2. The molecule has 0 radical (unpaired) electrons. The van der Waals surface area contributed by atoms with Crippen LogP contribution < -0.4 is 14.8 Å². The number of benzene rings is 2. The minimum Gasteiger partial charge on any atom is -0.490 e. The van der Waals surface area contributed by atoms with Crippen LogP contribution in [-0.2, 0) is 31.6 Å². The first kappa shape index (κ1) is 24.7. The first-order valence-corrected chi connectivity index (χ1v) is 13.9. The number of hydrogen-bond acceptors (Lipinski definition) is 6. The molecule has 1 aliphatic carbocycles. The molecule has 1 saturated carbocycles. The van der Waals surface area contributed by atoms with E-state index in [4.69, 9.17) is 9.47 Å². The van der Waals surface area contributed by atoms with Crippen LogP contribution in [0.5, 0.6) is 5.75 Å². The topological polar surface area (TPSA) is 114 Å². The van der Waals surface area contributed by atoms with Crippen LogP contribution in [0.4, 0.5) is 4.79 Å². The van der Waals surface area contributed by atoms with Gasteiger partial charge in [0.15, 0.2) is 0 Å². The van der Waals surface area contributed by atoms with E-state index >= 15 is 0 Å². The molecule has 0 atom stereocenters. The summed E-state index contributed by atoms with van der Waals surface area (Å²) in [7, 11) is -3.85. The van der Waals surface area contributed by atoms with Crippen LogP contribution >= 0.6 is 0 Å². The van der Waals surface area contributed by atoms with Gasteiger partial charge in [0.25, 0.3) is 0 Å². The Balaban J connectivity index is 1.35. The lowest BCUT2D eigenvalue weighted by Gasteiger charge is -2.38. The third-order valence-electron chi connectivity index (χ3n) is 7.14. The highest BCUT2D eigenvalue weighted by Crippen LogP contribution is 2.35. The van der Waals surface area contributed by atoms with Crippen molar-refractivity contribution in [2.24, 2.45) is 0 Å². The summed E-state index contributed by atoms with van der Waals surface area (Å²) >= 11 is 0. The van der Waals surface area contributed by atoms with Gasteiger partial charge in [-0.1, -0.05) is 30.3 Å². The summed E-state index contributed by atoms with van der Waals surface area (Å²) in [5.74, 6) is 0.254. The van der Waals surface area contributed by atoms with Crippen molar-refractivity contribution >= 4 is 22.0 Å². The molecule has 3 amide bonds. The Morgan fingerprint density at radius 2 is 1.78 bits per heavy atom. The predicted octanol–water partition coefficient (Wildman–Crippen LogP) is 3.04. The van der Waals surface area contributed by atoms with Gasteiger partial charge in [0.2, 0.25) is 15.9 Å². The van der Waals surface area contributed by atoms with E-state index in [9.17, 15) is 18.0 Å². The van der Waals surface area contributed by atoms with E-state index in [-0.39, 0.29) is 23.5 Å². The minimum atomic E-state index is -3.85. The van der Waals surface area contributed by atoms with Crippen LogP contribution in [-0.4, -0.2) is 51.1 Å². The Bertz CT molecular complexity index is 1220. The van der Waals surface area contributed by atoms with Gasteiger partial charge in [-0.15, -0.1) is 0 Å². The average Bonchev–Trinajstić information content (AvgIpc) is 3.48. The van der Waals surface area contributed by atoms with Crippen molar-refractivity contribution in [3.05, 3.63) is 59.7 Å². The van der Waals surface area contributed by atoms with Gasteiger partial charge >= 0.3 is 6.03 Å². The summed E-state index contributed by atoms with van der Waals surface area (Å²) in [6, 6.07) is 13.8.